The predicted molar refractivity (Wildman–Crippen MR) is 41.4 cm³/mol. The van der Waals surface area contributed by atoms with Crippen LogP contribution in [0.5, 0.6) is 0 Å². The number of aliphatic hydroxyl groups is 1. The van der Waals surface area contributed by atoms with Crippen molar-refractivity contribution in [2.45, 2.75) is 18.6 Å². The van der Waals surface area contributed by atoms with Crippen LogP contribution in [0, 0.1) is 0 Å². The van der Waals surface area contributed by atoms with Crippen molar-refractivity contribution in [3.8, 4) is 0 Å². The van der Waals surface area contributed by atoms with E-state index in [4.69, 9.17) is 22.4 Å². The van der Waals surface area contributed by atoms with Crippen LogP contribution in [-0.2, 0) is 0 Å². The molecule has 0 radical (unpaired) electrons. The molecule has 0 bridgehead atoms. The van der Waals surface area contributed by atoms with E-state index in [1.165, 1.54) is 0 Å². The zero-order chi connectivity index (χ0) is 8.85. The lowest BCUT2D eigenvalue weighted by molar-refractivity contribution is 0.352. The Morgan fingerprint density at radius 1 is 1.55 bits per heavy atom. The molecule has 0 amide bonds. The second kappa shape index (κ2) is 4.64. The van der Waals surface area contributed by atoms with Gasteiger partial charge in [-0.25, -0.2) is 0 Å². The maximum atomic E-state index is 8.76. The van der Waals surface area contributed by atoms with Gasteiger partial charge in [0.1, 0.15) is 11.9 Å². The molecule has 6 nitrogen and oxygen atoms in total. The monoisotopic (exact) mass is 159 g/mol. The maximum Gasteiger partial charge on any atom is 0.122 e. The van der Waals surface area contributed by atoms with E-state index in [1.54, 1.807) is 0 Å². The van der Waals surface area contributed by atoms with Gasteiger partial charge in [0.2, 0.25) is 0 Å². The SMILES string of the molecule is C=C(O)C(N)CC(N)/N=N\N. The highest BCUT2D eigenvalue weighted by atomic mass is 16.3. The minimum atomic E-state index is -0.584. The summed E-state index contributed by atoms with van der Waals surface area (Å²) in [6, 6.07) is -0.574. The van der Waals surface area contributed by atoms with Crippen LogP contribution in [0.25, 0.3) is 0 Å². The highest BCUT2D eigenvalue weighted by Crippen LogP contribution is 2.00. The number of hydrogen-bond donors (Lipinski definition) is 4. The van der Waals surface area contributed by atoms with Crippen LogP contribution in [0.4, 0.5) is 0 Å². The molecule has 0 aliphatic heterocycles. The first-order valence-electron chi connectivity index (χ1n) is 3.07. The summed E-state index contributed by atoms with van der Waals surface area (Å²) in [5.74, 6) is 4.62. The second-order valence-corrected chi connectivity index (χ2v) is 2.13. The third-order valence-electron chi connectivity index (χ3n) is 1.14. The van der Waals surface area contributed by atoms with E-state index in [0.717, 1.165) is 0 Å². The van der Waals surface area contributed by atoms with Gasteiger partial charge < -0.3 is 22.4 Å². The van der Waals surface area contributed by atoms with Crippen LogP contribution in [0.2, 0.25) is 0 Å². The molecule has 0 saturated carbocycles. The normalized spacial score (nSPS) is 16.5. The van der Waals surface area contributed by atoms with E-state index in [0.29, 0.717) is 0 Å². The Bertz CT molecular complexity index is 157. The molecule has 6 heteroatoms. The van der Waals surface area contributed by atoms with E-state index in [9.17, 15) is 0 Å². The summed E-state index contributed by atoms with van der Waals surface area (Å²) in [5.41, 5.74) is 10.7. The van der Waals surface area contributed by atoms with Gasteiger partial charge in [-0.15, -0.1) is 0 Å². The van der Waals surface area contributed by atoms with Crippen LogP contribution in [0.1, 0.15) is 6.42 Å². The van der Waals surface area contributed by atoms with Gasteiger partial charge in [-0.2, -0.15) is 5.11 Å². The van der Waals surface area contributed by atoms with Gasteiger partial charge in [0.15, 0.2) is 0 Å². The molecule has 0 rings (SSSR count). The van der Waals surface area contributed by atoms with Crippen LogP contribution < -0.4 is 17.3 Å². The highest BCUT2D eigenvalue weighted by molar-refractivity contribution is 4.93. The minimum Gasteiger partial charge on any atom is -0.511 e. The Hall–Kier alpha value is -1.14. The van der Waals surface area contributed by atoms with Crippen molar-refractivity contribution in [1.29, 1.82) is 0 Å². The molecule has 0 aromatic rings. The highest BCUT2D eigenvalue weighted by Gasteiger charge is 2.10. The van der Waals surface area contributed by atoms with E-state index >= 15 is 0 Å². The molecule has 0 heterocycles. The summed E-state index contributed by atoms with van der Waals surface area (Å²) in [6.45, 7) is 3.24. The van der Waals surface area contributed by atoms with Crippen LogP contribution in [0.15, 0.2) is 22.7 Å². The fourth-order valence-electron chi connectivity index (χ4n) is 0.529. The van der Waals surface area contributed by atoms with Gasteiger partial charge >= 0.3 is 0 Å². The predicted octanol–water partition coefficient (Wildman–Crippen LogP) is -0.614. The molecule has 7 N–H and O–H groups in total. The third kappa shape index (κ3) is 4.29. The van der Waals surface area contributed by atoms with Crippen LogP contribution in [0.3, 0.4) is 0 Å². The Labute approximate surface area is 64.7 Å². The molecule has 11 heavy (non-hydrogen) atoms. The Kier molecular flexibility index (Phi) is 4.16. The summed E-state index contributed by atoms with van der Waals surface area (Å²) in [4.78, 5) is 0. The first kappa shape index (κ1) is 9.86. The lowest BCUT2D eigenvalue weighted by Gasteiger charge is -2.10. The number of hydrogen-bond acceptors (Lipinski definition) is 5. The van der Waals surface area contributed by atoms with Crippen LogP contribution >= 0.6 is 0 Å². The molecule has 0 aromatic carbocycles. The summed E-state index contributed by atoms with van der Waals surface area (Å²) in [6.07, 6.45) is -0.311. The number of nitrogens with two attached hydrogens (primary N) is 3. The Morgan fingerprint density at radius 2 is 2.09 bits per heavy atom. The van der Waals surface area contributed by atoms with E-state index in [1.807, 2.05) is 0 Å². The molecular weight excluding hydrogens is 146 g/mol. The lowest BCUT2D eigenvalue weighted by Crippen LogP contribution is -2.31. The molecule has 0 saturated heterocycles. The summed E-state index contributed by atoms with van der Waals surface area (Å²) in [5, 5.41) is 15.1. The number of nitrogens with zero attached hydrogens (tertiary/aromatic N) is 2. The van der Waals surface area contributed by atoms with Crippen molar-refractivity contribution in [3.63, 3.8) is 0 Å². The molecule has 2 unspecified atom stereocenters. The summed E-state index contributed by atoms with van der Waals surface area (Å²) < 4.78 is 0. The zero-order valence-corrected chi connectivity index (χ0v) is 6.14. The molecule has 2 atom stereocenters. The summed E-state index contributed by atoms with van der Waals surface area (Å²) in [7, 11) is 0. The van der Waals surface area contributed by atoms with Crippen molar-refractivity contribution in [1.82, 2.24) is 0 Å². The first-order valence-corrected chi connectivity index (χ1v) is 3.07. The van der Waals surface area contributed by atoms with Crippen molar-refractivity contribution in [3.05, 3.63) is 12.3 Å². The Morgan fingerprint density at radius 3 is 2.45 bits per heavy atom. The lowest BCUT2D eigenvalue weighted by atomic mass is 10.2. The zero-order valence-electron chi connectivity index (χ0n) is 6.14. The number of rotatable bonds is 4. The average Bonchev–Trinajstić information content (AvgIpc) is 1.87. The fourth-order valence-corrected chi connectivity index (χ4v) is 0.529. The van der Waals surface area contributed by atoms with Crippen molar-refractivity contribution < 1.29 is 5.11 Å². The standard InChI is InChI=1S/C5H13N5O/c1-3(11)4(6)2-5(7)9-10-8/h4-5,11H,1-2,6-7H2,(H2,8,9). The van der Waals surface area contributed by atoms with E-state index < -0.39 is 12.2 Å². The maximum absolute atomic E-state index is 8.76. The van der Waals surface area contributed by atoms with Gasteiger partial charge in [0, 0.05) is 6.42 Å². The second-order valence-electron chi connectivity index (χ2n) is 2.13. The van der Waals surface area contributed by atoms with Gasteiger partial charge in [-0.05, 0) is 0 Å². The van der Waals surface area contributed by atoms with Crippen molar-refractivity contribution in [2.24, 2.45) is 27.6 Å². The molecule has 0 aliphatic rings. The molecule has 0 aliphatic carbocycles. The quantitative estimate of drug-likeness (QED) is 0.189. The largest absolute Gasteiger partial charge is 0.511 e. The number of aliphatic hydroxyl groups excluding tert-OH is 1. The van der Waals surface area contributed by atoms with E-state index in [2.05, 4.69) is 16.9 Å². The van der Waals surface area contributed by atoms with Crippen molar-refractivity contribution >= 4 is 0 Å². The smallest absolute Gasteiger partial charge is 0.122 e. The molecule has 0 aromatic heterocycles. The molecule has 64 valence electrons. The topological polar surface area (TPSA) is 123 Å². The van der Waals surface area contributed by atoms with Gasteiger partial charge in [0.05, 0.1) is 6.04 Å². The van der Waals surface area contributed by atoms with E-state index in [-0.39, 0.29) is 12.2 Å². The van der Waals surface area contributed by atoms with Crippen LogP contribution in [-0.4, -0.2) is 17.3 Å². The average molecular weight is 159 g/mol. The van der Waals surface area contributed by atoms with Gasteiger partial charge in [-0.1, -0.05) is 11.8 Å². The van der Waals surface area contributed by atoms with Gasteiger partial charge in [-0.3, -0.25) is 0 Å². The first-order chi connectivity index (χ1) is 5.07. The van der Waals surface area contributed by atoms with Crippen molar-refractivity contribution in [2.75, 3.05) is 0 Å². The third-order valence-corrected chi connectivity index (χ3v) is 1.14. The molecule has 0 fully saturated rings. The fraction of sp³-hybridized carbons (Fsp3) is 0.600. The molecule has 0 spiro atoms. The summed E-state index contributed by atoms with van der Waals surface area (Å²) >= 11 is 0. The van der Waals surface area contributed by atoms with Gasteiger partial charge in [0.25, 0.3) is 0 Å². The minimum absolute atomic E-state index is 0.118. The molecular formula is C5H13N5O. The Balaban J connectivity index is 3.74.